The van der Waals surface area contributed by atoms with Crippen LogP contribution in [-0.2, 0) is 0 Å². The van der Waals surface area contributed by atoms with E-state index in [0.717, 1.165) is 50.1 Å². The van der Waals surface area contributed by atoms with E-state index in [1.807, 2.05) is 97.1 Å². The summed E-state index contributed by atoms with van der Waals surface area (Å²) < 4.78 is 11.5. The maximum Gasteiger partial charge on any atom is 0.161 e. The topological polar surface area (TPSA) is 69.2 Å². The van der Waals surface area contributed by atoms with Crippen LogP contribution in [0.5, 0.6) is 17.2 Å². The number of anilines is 2. The number of nitrogens with one attached hydrogen (secondary N) is 1. The Morgan fingerprint density at radius 1 is 0.730 bits per heavy atom. The number of fused-ring (bicyclic) bond motifs is 2. The molecule has 0 saturated heterocycles. The van der Waals surface area contributed by atoms with Gasteiger partial charge in [0.1, 0.15) is 22.9 Å². The molecule has 2 heterocycles. The van der Waals surface area contributed by atoms with Crippen LogP contribution in [0.4, 0.5) is 11.5 Å². The smallest absolute Gasteiger partial charge is 0.161 e. The summed E-state index contributed by atoms with van der Waals surface area (Å²) in [7, 11) is 1.64. The largest absolute Gasteiger partial charge is 0.497 e. The Balaban J connectivity index is 1.26. The Labute approximate surface area is 218 Å². The highest BCUT2D eigenvalue weighted by molar-refractivity contribution is 6.30. The Kier molecular flexibility index (Phi) is 6.00. The number of benzene rings is 4. The quantitative estimate of drug-likeness (QED) is 0.247. The van der Waals surface area contributed by atoms with Crippen LogP contribution in [0.3, 0.4) is 0 Å². The van der Waals surface area contributed by atoms with Crippen LogP contribution in [0.25, 0.3) is 32.9 Å². The summed E-state index contributed by atoms with van der Waals surface area (Å²) in [5.74, 6) is 2.87. The molecule has 1 N–H and O–H groups in total. The number of hydrogen-bond acceptors (Lipinski definition) is 6. The van der Waals surface area contributed by atoms with Crippen molar-refractivity contribution in [3.8, 4) is 28.5 Å². The van der Waals surface area contributed by atoms with Crippen LogP contribution in [0, 0.1) is 0 Å². The van der Waals surface area contributed by atoms with Crippen LogP contribution in [0.1, 0.15) is 0 Å². The molecule has 2 aromatic heterocycles. The molecule has 0 atom stereocenters. The molecule has 37 heavy (non-hydrogen) atoms. The number of rotatable bonds is 6. The van der Waals surface area contributed by atoms with Crippen LogP contribution < -0.4 is 14.8 Å². The highest BCUT2D eigenvalue weighted by Crippen LogP contribution is 2.34. The van der Waals surface area contributed by atoms with Crippen molar-refractivity contribution >= 4 is 44.8 Å². The van der Waals surface area contributed by atoms with E-state index in [1.165, 1.54) is 0 Å². The van der Waals surface area contributed by atoms with E-state index in [-0.39, 0.29) is 0 Å². The third kappa shape index (κ3) is 4.62. The lowest BCUT2D eigenvalue weighted by atomic mass is 10.0. The molecule has 0 aliphatic rings. The van der Waals surface area contributed by atoms with E-state index < -0.39 is 0 Å². The number of halogens is 1. The summed E-state index contributed by atoms with van der Waals surface area (Å²) in [6.07, 6.45) is 1.73. The van der Waals surface area contributed by atoms with Crippen LogP contribution in [0.2, 0.25) is 5.02 Å². The van der Waals surface area contributed by atoms with Crippen molar-refractivity contribution in [2.24, 2.45) is 0 Å². The van der Waals surface area contributed by atoms with Crippen LogP contribution in [0.15, 0.2) is 103 Å². The van der Waals surface area contributed by atoms with Crippen molar-refractivity contribution in [1.29, 1.82) is 0 Å². The molecule has 180 valence electrons. The highest BCUT2D eigenvalue weighted by Gasteiger charge is 2.12. The second kappa shape index (κ2) is 9.76. The summed E-state index contributed by atoms with van der Waals surface area (Å²) in [6, 6.07) is 31.0. The first-order valence-electron chi connectivity index (χ1n) is 11.7. The van der Waals surface area contributed by atoms with Gasteiger partial charge in [-0.25, -0.2) is 0 Å². The minimum Gasteiger partial charge on any atom is -0.497 e. The molecular formula is C30H21ClN4O2. The second-order valence-corrected chi connectivity index (χ2v) is 8.83. The normalized spacial score (nSPS) is 11.0. The molecule has 0 aliphatic carbocycles. The third-order valence-electron chi connectivity index (χ3n) is 6.06. The molecule has 0 spiro atoms. The lowest BCUT2D eigenvalue weighted by Gasteiger charge is -2.12. The minimum absolute atomic E-state index is 0.677. The van der Waals surface area contributed by atoms with E-state index in [2.05, 4.69) is 20.5 Å². The van der Waals surface area contributed by atoms with Gasteiger partial charge in [0.2, 0.25) is 0 Å². The van der Waals surface area contributed by atoms with Crippen LogP contribution in [-0.4, -0.2) is 22.3 Å². The van der Waals surface area contributed by atoms with E-state index in [9.17, 15) is 0 Å². The SMILES string of the molecule is COc1ccc2c(Oc3ccc(Nc4nnc(-c5ccc(Cl)cc5)c5ccccc45)cc3)ccnc2c1. The summed E-state index contributed by atoms with van der Waals surface area (Å²) in [5.41, 5.74) is 3.45. The lowest BCUT2D eigenvalue weighted by Crippen LogP contribution is -1.99. The van der Waals surface area contributed by atoms with Crippen LogP contribution >= 0.6 is 11.6 Å². The van der Waals surface area contributed by atoms with Crippen molar-refractivity contribution in [1.82, 2.24) is 15.2 Å². The van der Waals surface area contributed by atoms with Gasteiger partial charge in [-0.05, 0) is 54.6 Å². The molecular weight excluding hydrogens is 484 g/mol. The lowest BCUT2D eigenvalue weighted by molar-refractivity contribution is 0.415. The molecule has 6 nitrogen and oxygen atoms in total. The standard InChI is InChI=1S/C30H21ClN4O2/c1-36-23-14-15-26-27(18-23)32-17-16-28(26)37-22-12-10-21(11-13-22)33-30-25-5-3-2-4-24(25)29(34-35-30)19-6-8-20(31)9-7-19/h2-18H,1H3,(H,33,35). The zero-order valence-electron chi connectivity index (χ0n) is 19.9. The van der Waals surface area contributed by atoms with Crippen molar-refractivity contribution in [3.05, 3.63) is 108 Å². The number of nitrogens with zero attached hydrogens (tertiary/aromatic N) is 3. The fraction of sp³-hybridized carbons (Fsp3) is 0.0333. The van der Waals surface area contributed by atoms with Gasteiger partial charge >= 0.3 is 0 Å². The molecule has 0 aliphatic heterocycles. The van der Waals surface area contributed by atoms with Gasteiger partial charge < -0.3 is 14.8 Å². The third-order valence-corrected chi connectivity index (χ3v) is 6.31. The maximum absolute atomic E-state index is 6.17. The van der Waals surface area contributed by atoms with Gasteiger partial charge in [0.15, 0.2) is 5.82 Å². The van der Waals surface area contributed by atoms with E-state index >= 15 is 0 Å². The van der Waals surface area contributed by atoms with Gasteiger partial charge in [-0.2, -0.15) is 0 Å². The number of hydrogen-bond donors (Lipinski definition) is 1. The van der Waals surface area contributed by atoms with Crippen molar-refractivity contribution < 1.29 is 9.47 Å². The number of aromatic nitrogens is 3. The van der Waals surface area contributed by atoms with Gasteiger partial charge in [0.05, 0.1) is 12.6 Å². The Morgan fingerprint density at radius 3 is 2.27 bits per heavy atom. The fourth-order valence-corrected chi connectivity index (χ4v) is 4.33. The first-order valence-corrected chi connectivity index (χ1v) is 12.0. The summed E-state index contributed by atoms with van der Waals surface area (Å²) in [6.45, 7) is 0. The predicted octanol–water partition coefficient (Wildman–Crippen LogP) is 8.04. The first kappa shape index (κ1) is 22.8. The first-order chi connectivity index (χ1) is 18.2. The highest BCUT2D eigenvalue weighted by atomic mass is 35.5. The van der Waals surface area contributed by atoms with Crippen molar-refractivity contribution in [3.63, 3.8) is 0 Å². The van der Waals surface area contributed by atoms with Gasteiger partial charge in [-0.15, -0.1) is 10.2 Å². The van der Waals surface area contributed by atoms with E-state index in [1.54, 1.807) is 13.3 Å². The molecule has 4 aromatic carbocycles. The van der Waals surface area contributed by atoms with Gasteiger partial charge in [0.25, 0.3) is 0 Å². The summed E-state index contributed by atoms with van der Waals surface area (Å²) in [4.78, 5) is 4.42. The average Bonchev–Trinajstić information content (AvgIpc) is 2.95. The number of pyridine rings is 1. The molecule has 0 fully saturated rings. The summed E-state index contributed by atoms with van der Waals surface area (Å²) >= 11 is 6.06. The molecule has 6 aromatic rings. The number of methoxy groups -OCH3 is 1. The molecule has 6 rings (SSSR count). The van der Waals surface area contributed by atoms with Crippen molar-refractivity contribution in [2.75, 3.05) is 12.4 Å². The Morgan fingerprint density at radius 2 is 1.49 bits per heavy atom. The molecule has 0 radical (unpaired) electrons. The fourth-order valence-electron chi connectivity index (χ4n) is 4.20. The maximum atomic E-state index is 6.17. The Bertz CT molecular complexity index is 1720. The molecule has 7 heteroatoms. The predicted molar refractivity (Wildman–Crippen MR) is 148 cm³/mol. The zero-order valence-corrected chi connectivity index (χ0v) is 20.6. The molecule has 0 amide bonds. The summed E-state index contributed by atoms with van der Waals surface area (Å²) in [5, 5.41) is 16.0. The van der Waals surface area contributed by atoms with E-state index in [4.69, 9.17) is 21.1 Å². The van der Waals surface area contributed by atoms with Gasteiger partial charge in [-0.3, -0.25) is 4.98 Å². The van der Waals surface area contributed by atoms with Gasteiger partial charge in [-0.1, -0.05) is 48.0 Å². The average molecular weight is 505 g/mol. The zero-order chi connectivity index (χ0) is 25.2. The molecule has 0 saturated carbocycles. The second-order valence-electron chi connectivity index (χ2n) is 8.39. The van der Waals surface area contributed by atoms with Gasteiger partial charge in [0, 0.05) is 44.7 Å². The Hall–Kier alpha value is -4.68. The van der Waals surface area contributed by atoms with Crippen molar-refractivity contribution in [2.45, 2.75) is 0 Å². The minimum atomic E-state index is 0.677. The van der Waals surface area contributed by atoms with E-state index in [0.29, 0.717) is 16.6 Å². The monoisotopic (exact) mass is 504 g/mol. The number of ether oxygens (including phenoxy) is 2. The molecule has 0 bridgehead atoms. The molecule has 0 unspecified atom stereocenters.